The molecule has 1 aromatic rings. The van der Waals surface area contributed by atoms with Gasteiger partial charge in [-0.25, -0.2) is 0 Å². The summed E-state index contributed by atoms with van der Waals surface area (Å²) in [7, 11) is 4.00. The normalized spacial score (nSPS) is 9.77. The summed E-state index contributed by atoms with van der Waals surface area (Å²) in [5, 5.41) is 0. The monoisotopic (exact) mass is 180 g/mol. The van der Waals surface area contributed by atoms with Crippen molar-refractivity contribution in [2.45, 2.75) is 0 Å². The molecule has 0 heterocycles. The van der Waals surface area contributed by atoms with Gasteiger partial charge in [0.05, 0.1) is 0 Å². The lowest BCUT2D eigenvalue weighted by atomic mass is 10.3. The van der Waals surface area contributed by atoms with Gasteiger partial charge in [-0.15, -0.1) is 0 Å². The van der Waals surface area contributed by atoms with Gasteiger partial charge < -0.3 is 15.4 Å². The molecule has 0 radical (unpaired) electrons. The smallest absolute Gasteiger partial charge is 0.121 e. The van der Waals surface area contributed by atoms with Crippen LogP contribution in [0.25, 0.3) is 0 Å². The minimum absolute atomic E-state index is 0.548. The molecule has 0 aliphatic heterocycles. The van der Waals surface area contributed by atoms with Gasteiger partial charge in [0.15, 0.2) is 0 Å². The summed E-state index contributed by atoms with van der Waals surface area (Å²) in [5.74, 6) is 0.872. The molecule has 1 rings (SSSR count). The van der Waals surface area contributed by atoms with E-state index in [9.17, 15) is 0 Å². The number of nitrogens with two attached hydrogens (primary N) is 1. The summed E-state index contributed by atoms with van der Waals surface area (Å²) in [6.45, 7) is 1.11. The highest BCUT2D eigenvalue weighted by Crippen LogP contribution is 2.18. The molecule has 0 amide bonds. The summed E-state index contributed by atoms with van der Waals surface area (Å²) in [4.78, 5) is 2.04. The molecule has 0 atom stereocenters. The van der Waals surface area contributed by atoms with Gasteiger partial charge in [-0.2, -0.15) is 0 Å². The standard InChI is InChI=1S/C10H16N2O/c1-12(2)9-4-3-5-10(8-9)13-7-6-11/h3-5,8H,6-7,11H2,1-2H3. The van der Waals surface area contributed by atoms with Crippen LogP contribution in [0.5, 0.6) is 5.75 Å². The molecule has 0 spiro atoms. The third-order valence-corrected chi connectivity index (χ3v) is 1.72. The second-order valence-corrected chi connectivity index (χ2v) is 3.03. The summed E-state index contributed by atoms with van der Waals surface area (Å²) in [5.41, 5.74) is 6.47. The fourth-order valence-electron chi connectivity index (χ4n) is 1.03. The van der Waals surface area contributed by atoms with E-state index in [-0.39, 0.29) is 0 Å². The van der Waals surface area contributed by atoms with E-state index in [1.807, 2.05) is 43.3 Å². The number of ether oxygens (including phenoxy) is 1. The van der Waals surface area contributed by atoms with Gasteiger partial charge in [0.1, 0.15) is 12.4 Å². The molecule has 0 saturated carbocycles. The van der Waals surface area contributed by atoms with Crippen molar-refractivity contribution in [2.24, 2.45) is 5.73 Å². The van der Waals surface area contributed by atoms with Gasteiger partial charge in [0.25, 0.3) is 0 Å². The van der Waals surface area contributed by atoms with E-state index >= 15 is 0 Å². The summed E-state index contributed by atoms with van der Waals surface area (Å²) in [6, 6.07) is 7.94. The summed E-state index contributed by atoms with van der Waals surface area (Å²) in [6.07, 6.45) is 0. The lowest BCUT2D eigenvalue weighted by Gasteiger charge is -2.13. The van der Waals surface area contributed by atoms with Crippen LogP contribution in [-0.2, 0) is 0 Å². The maximum absolute atomic E-state index is 5.39. The molecular weight excluding hydrogens is 164 g/mol. The van der Waals surface area contributed by atoms with Crippen molar-refractivity contribution in [3.63, 3.8) is 0 Å². The van der Waals surface area contributed by atoms with Crippen molar-refractivity contribution in [1.82, 2.24) is 0 Å². The van der Waals surface area contributed by atoms with Crippen LogP contribution < -0.4 is 15.4 Å². The Labute approximate surface area is 79.1 Å². The third-order valence-electron chi connectivity index (χ3n) is 1.72. The zero-order valence-electron chi connectivity index (χ0n) is 8.16. The van der Waals surface area contributed by atoms with Crippen molar-refractivity contribution >= 4 is 5.69 Å². The maximum atomic E-state index is 5.39. The minimum Gasteiger partial charge on any atom is -0.492 e. The van der Waals surface area contributed by atoms with Crippen LogP contribution in [0.15, 0.2) is 24.3 Å². The van der Waals surface area contributed by atoms with E-state index in [2.05, 4.69) is 0 Å². The SMILES string of the molecule is CN(C)c1cccc(OCCN)c1. The van der Waals surface area contributed by atoms with Crippen LogP contribution in [0.4, 0.5) is 5.69 Å². The molecule has 72 valence electrons. The highest BCUT2D eigenvalue weighted by atomic mass is 16.5. The highest BCUT2D eigenvalue weighted by Gasteiger charge is 1.97. The number of hydrogen-bond acceptors (Lipinski definition) is 3. The van der Waals surface area contributed by atoms with Crippen molar-refractivity contribution in [2.75, 3.05) is 32.1 Å². The van der Waals surface area contributed by atoms with Gasteiger partial charge in [-0.1, -0.05) is 6.07 Å². The molecule has 0 saturated heterocycles. The Morgan fingerprint density at radius 2 is 2.15 bits per heavy atom. The Hall–Kier alpha value is -1.22. The quantitative estimate of drug-likeness (QED) is 0.753. The number of hydrogen-bond donors (Lipinski definition) is 1. The second kappa shape index (κ2) is 4.72. The number of rotatable bonds is 4. The fraction of sp³-hybridized carbons (Fsp3) is 0.400. The van der Waals surface area contributed by atoms with E-state index in [4.69, 9.17) is 10.5 Å². The van der Waals surface area contributed by atoms with E-state index in [0.29, 0.717) is 13.2 Å². The van der Waals surface area contributed by atoms with Crippen LogP contribution in [0.3, 0.4) is 0 Å². The van der Waals surface area contributed by atoms with Crippen molar-refractivity contribution < 1.29 is 4.74 Å². The van der Waals surface area contributed by atoms with Gasteiger partial charge >= 0.3 is 0 Å². The summed E-state index contributed by atoms with van der Waals surface area (Å²) < 4.78 is 5.39. The largest absolute Gasteiger partial charge is 0.492 e. The molecule has 0 aliphatic carbocycles. The Morgan fingerprint density at radius 3 is 2.77 bits per heavy atom. The molecular formula is C10H16N2O. The Kier molecular flexibility index (Phi) is 3.58. The Morgan fingerprint density at radius 1 is 1.38 bits per heavy atom. The lowest BCUT2D eigenvalue weighted by Crippen LogP contribution is -2.11. The van der Waals surface area contributed by atoms with Crippen LogP contribution in [0.1, 0.15) is 0 Å². The first-order valence-electron chi connectivity index (χ1n) is 4.34. The summed E-state index contributed by atoms with van der Waals surface area (Å²) >= 11 is 0. The van der Waals surface area contributed by atoms with E-state index in [1.54, 1.807) is 0 Å². The highest BCUT2D eigenvalue weighted by molar-refractivity contribution is 5.49. The molecule has 0 aliphatic rings. The molecule has 0 aromatic heterocycles. The van der Waals surface area contributed by atoms with Crippen LogP contribution in [-0.4, -0.2) is 27.2 Å². The lowest BCUT2D eigenvalue weighted by molar-refractivity contribution is 0.328. The van der Waals surface area contributed by atoms with Crippen molar-refractivity contribution in [1.29, 1.82) is 0 Å². The molecule has 3 nitrogen and oxygen atoms in total. The molecule has 0 bridgehead atoms. The predicted octanol–water partition coefficient (Wildman–Crippen LogP) is 1.09. The molecule has 0 fully saturated rings. The van der Waals surface area contributed by atoms with Gasteiger partial charge in [0, 0.05) is 32.4 Å². The van der Waals surface area contributed by atoms with E-state index in [0.717, 1.165) is 11.4 Å². The predicted molar refractivity (Wildman–Crippen MR) is 55.3 cm³/mol. The zero-order chi connectivity index (χ0) is 9.68. The third kappa shape index (κ3) is 2.95. The van der Waals surface area contributed by atoms with Gasteiger partial charge in [0.2, 0.25) is 0 Å². The van der Waals surface area contributed by atoms with Gasteiger partial charge in [-0.3, -0.25) is 0 Å². The zero-order valence-corrected chi connectivity index (χ0v) is 8.16. The first-order valence-corrected chi connectivity index (χ1v) is 4.34. The number of benzene rings is 1. The maximum Gasteiger partial charge on any atom is 0.121 e. The average molecular weight is 180 g/mol. The van der Waals surface area contributed by atoms with Crippen LogP contribution in [0.2, 0.25) is 0 Å². The topological polar surface area (TPSA) is 38.5 Å². The minimum atomic E-state index is 0.548. The van der Waals surface area contributed by atoms with Crippen LogP contribution in [0, 0.1) is 0 Å². The van der Waals surface area contributed by atoms with E-state index < -0.39 is 0 Å². The van der Waals surface area contributed by atoms with Crippen LogP contribution >= 0.6 is 0 Å². The molecule has 2 N–H and O–H groups in total. The fourth-order valence-corrected chi connectivity index (χ4v) is 1.03. The van der Waals surface area contributed by atoms with Crippen molar-refractivity contribution in [3.05, 3.63) is 24.3 Å². The van der Waals surface area contributed by atoms with E-state index in [1.165, 1.54) is 0 Å². The second-order valence-electron chi connectivity index (χ2n) is 3.03. The molecule has 1 aromatic carbocycles. The Balaban J connectivity index is 2.68. The first kappa shape index (κ1) is 9.86. The average Bonchev–Trinajstić information content (AvgIpc) is 2.15. The van der Waals surface area contributed by atoms with Gasteiger partial charge in [-0.05, 0) is 12.1 Å². The molecule has 0 unspecified atom stereocenters. The molecule has 3 heteroatoms. The Bertz CT molecular complexity index is 261. The molecule has 13 heavy (non-hydrogen) atoms. The first-order chi connectivity index (χ1) is 6.24. The number of anilines is 1. The van der Waals surface area contributed by atoms with Crippen molar-refractivity contribution in [3.8, 4) is 5.75 Å². The number of nitrogens with zero attached hydrogens (tertiary/aromatic N) is 1.